The summed E-state index contributed by atoms with van der Waals surface area (Å²) in [5.41, 5.74) is 17.2. The third-order valence-corrected chi connectivity index (χ3v) is 12.7. The summed E-state index contributed by atoms with van der Waals surface area (Å²) in [5, 5.41) is 7.03. The lowest BCUT2D eigenvalue weighted by Crippen LogP contribution is -1.93. The second kappa shape index (κ2) is 14.1. The van der Waals surface area contributed by atoms with E-state index in [0.29, 0.717) is 0 Å². The quantitative estimate of drug-likeness (QED) is 0.168. The molecule has 0 aliphatic carbocycles. The molecule has 0 aliphatic heterocycles. The van der Waals surface area contributed by atoms with Crippen molar-refractivity contribution in [3.8, 4) is 56.1 Å². The SMILES string of the molecule is c1ccc(-c2cc(-c3ccccc3)nc(-c3cccc4oc5cc(-n6c7ccccc7c7cc(-c8ccc9c(c8)c8ccccc8n9-c8ccccc8)ccc76)ccc5c34)c2)cc1. The van der Waals surface area contributed by atoms with Crippen LogP contribution in [0.15, 0.2) is 229 Å². The Morgan fingerprint density at radius 2 is 0.857 bits per heavy atom. The molecule has 13 rings (SSSR count). The molecule has 0 spiro atoms. The van der Waals surface area contributed by atoms with Gasteiger partial charge in [0, 0.05) is 60.9 Å². The van der Waals surface area contributed by atoms with Crippen LogP contribution in [0.2, 0.25) is 0 Å². The average molecular weight is 804 g/mol. The van der Waals surface area contributed by atoms with Gasteiger partial charge in [-0.25, -0.2) is 4.98 Å². The van der Waals surface area contributed by atoms with Crippen molar-refractivity contribution < 1.29 is 4.42 Å². The summed E-state index contributed by atoms with van der Waals surface area (Å²) < 4.78 is 11.5. The Morgan fingerprint density at radius 3 is 1.52 bits per heavy atom. The van der Waals surface area contributed by atoms with Gasteiger partial charge >= 0.3 is 0 Å². The number of pyridine rings is 1. The van der Waals surface area contributed by atoms with Gasteiger partial charge in [0.1, 0.15) is 11.2 Å². The third-order valence-electron chi connectivity index (χ3n) is 12.7. The van der Waals surface area contributed by atoms with Crippen molar-refractivity contribution in [3.05, 3.63) is 224 Å². The summed E-state index contributed by atoms with van der Waals surface area (Å²) in [6.07, 6.45) is 0. The molecule has 0 fully saturated rings. The van der Waals surface area contributed by atoms with Gasteiger partial charge in [0.05, 0.1) is 33.5 Å². The van der Waals surface area contributed by atoms with Crippen molar-refractivity contribution >= 4 is 65.6 Å². The molecule has 4 heterocycles. The van der Waals surface area contributed by atoms with E-state index in [1.165, 1.54) is 43.7 Å². The molecule has 9 aromatic carbocycles. The summed E-state index contributed by atoms with van der Waals surface area (Å²) in [7, 11) is 0. The Bertz CT molecular complexity index is 3840. The molecule has 0 saturated heterocycles. The monoisotopic (exact) mass is 803 g/mol. The Kier molecular flexibility index (Phi) is 7.87. The zero-order valence-corrected chi connectivity index (χ0v) is 34.1. The molecule has 0 amide bonds. The van der Waals surface area contributed by atoms with Gasteiger partial charge in [0.15, 0.2) is 0 Å². The molecule has 0 radical (unpaired) electrons. The first-order chi connectivity index (χ1) is 31.2. The summed E-state index contributed by atoms with van der Waals surface area (Å²) in [5.74, 6) is 0. The van der Waals surface area contributed by atoms with Gasteiger partial charge in [-0.15, -0.1) is 0 Å². The molecule has 4 heteroatoms. The average Bonchev–Trinajstić information content (AvgIpc) is 4.01. The van der Waals surface area contributed by atoms with Gasteiger partial charge in [0.25, 0.3) is 0 Å². The standard InChI is InChI=1S/C59H37N3O/c1-4-15-38(16-5-1)42-35-51(39-17-6-2-7-18-39)60-52(36-42)47-23-14-26-57-59(47)48-30-29-44(37-58(48)63-57)62-54-25-13-11-22-46(54)50-34-41(28-32-56(50)62)40-27-31-55-49(33-40)45-21-10-12-24-53(45)61(55)43-19-8-3-9-20-43/h1-37H. The van der Waals surface area contributed by atoms with E-state index in [2.05, 4.69) is 228 Å². The normalized spacial score (nSPS) is 11.8. The van der Waals surface area contributed by atoms with E-state index in [9.17, 15) is 0 Å². The largest absolute Gasteiger partial charge is 0.456 e. The van der Waals surface area contributed by atoms with Crippen LogP contribution in [-0.2, 0) is 0 Å². The van der Waals surface area contributed by atoms with Gasteiger partial charge in [-0.1, -0.05) is 140 Å². The van der Waals surface area contributed by atoms with Crippen molar-refractivity contribution in [2.24, 2.45) is 0 Å². The molecule has 0 bridgehead atoms. The number of para-hydroxylation sites is 3. The van der Waals surface area contributed by atoms with Crippen LogP contribution in [0.5, 0.6) is 0 Å². The topological polar surface area (TPSA) is 35.9 Å². The number of rotatable bonds is 6. The van der Waals surface area contributed by atoms with Crippen molar-refractivity contribution in [2.45, 2.75) is 0 Å². The first-order valence-electron chi connectivity index (χ1n) is 21.4. The van der Waals surface area contributed by atoms with Crippen molar-refractivity contribution in [2.75, 3.05) is 0 Å². The maximum absolute atomic E-state index is 6.74. The van der Waals surface area contributed by atoms with Crippen LogP contribution in [0, 0.1) is 0 Å². The van der Waals surface area contributed by atoms with Gasteiger partial charge in [-0.2, -0.15) is 0 Å². The second-order valence-electron chi connectivity index (χ2n) is 16.3. The highest BCUT2D eigenvalue weighted by Crippen LogP contribution is 2.42. The molecule has 4 aromatic heterocycles. The number of benzene rings is 9. The number of nitrogens with zero attached hydrogens (tertiary/aromatic N) is 3. The van der Waals surface area contributed by atoms with E-state index in [0.717, 1.165) is 78.0 Å². The highest BCUT2D eigenvalue weighted by molar-refractivity contribution is 6.15. The van der Waals surface area contributed by atoms with Crippen LogP contribution in [0.1, 0.15) is 0 Å². The predicted octanol–water partition coefficient (Wildman–Crippen LogP) is 15.8. The molecule has 0 unspecified atom stereocenters. The summed E-state index contributed by atoms with van der Waals surface area (Å²) in [6, 6.07) is 80.2. The van der Waals surface area contributed by atoms with E-state index in [1.807, 2.05) is 6.07 Å². The van der Waals surface area contributed by atoms with E-state index in [1.54, 1.807) is 0 Å². The Balaban J connectivity index is 0.942. The third kappa shape index (κ3) is 5.66. The van der Waals surface area contributed by atoms with Gasteiger partial charge in [-0.3, -0.25) is 0 Å². The molecule has 4 nitrogen and oxygen atoms in total. The molecule has 13 aromatic rings. The Hall–Kier alpha value is -8.47. The van der Waals surface area contributed by atoms with Crippen LogP contribution in [0.4, 0.5) is 0 Å². The molecule has 294 valence electrons. The van der Waals surface area contributed by atoms with Crippen LogP contribution in [-0.4, -0.2) is 14.1 Å². The van der Waals surface area contributed by atoms with Crippen LogP contribution in [0.3, 0.4) is 0 Å². The minimum absolute atomic E-state index is 0.836. The Labute approximate surface area is 363 Å². The lowest BCUT2D eigenvalue weighted by molar-refractivity contribution is 0.668. The second-order valence-corrected chi connectivity index (χ2v) is 16.3. The first-order valence-corrected chi connectivity index (χ1v) is 21.4. The van der Waals surface area contributed by atoms with E-state index in [-0.39, 0.29) is 0 Å². The fourth-order valence-corrected chi connectivity index (χ4v) is 9.83. The highest BCUT2D eigenvalue weighted by atomic mass is 16.3. The summed E-state index contributed by atoms with van der Waals surface area (Å²) >= 11 is 0. The van der Waals surface area contributed by atoms with Gasteiger partial charge in [-0.05, 0) is 101 Å². The predicted molar refractivity (Wildman–Crippen MR) is 262 cm³/mol. The van der Waals surface area contributed by atoms with Crippen molar-refractivity contribution in [3.63, 3.8) is 0 Å². The maximum atomic E-state index is 6.74. The lowest BCUT2D eigenvalue weighted by atomic mass is 9.98. The summed E-state index contributed by atoms with van der Waals surface area (Å²) in [4.78, 5) is 5.29. The zero-order chi connectivity index (χ0) is 41.4. The summed E-state index contributed by atoms with van der Waals surface area (Å²) in [6.45, 7) is 0. The van der Waals surface area contributed by atoms with E-state index < -0.39 is 0 Å². The first kappa shape index (κ1) is 35.3. The minimum Gasteiger partial charge on any atom is -0.456 e. The lowest BCUT2D eigenvalue weighted by Gasteiger charge is -2.11. The number of fused-ring (bicyclic) bond motifs is 9. The van der Waals surface area contributed by atoms with Gasteiger partial charge in [0.2, 0.25) is 0 Å². The van der Waals surface area contributed by atoms with E-state index in [4.69, 9.17) is 9.40 Å². The van der Waals surface area contributed by atoms with Crippen molar-refractivity contribution in [1.82, 2.24) is 14.1 Å². The smallest absolute Gasteiger partial charge is 0.137 e. The zero-order valence-electron chi connectivity index (χ0n) is 34.1. The highest BCUT2D eigenvalue weighted by Gasteiger charge is 2.19. The minimum atomic E-state index is 0.836. The number of hydrogen-bond donors (Lipinski definition) is 0. The van der Waals surface area contributed by atoms with Crippen LogP contribution in [0.25, 0.3) is 122 Å². The van der Waals surface area contributed by atoms with Gasteiger partial charge < -0.3 is 13.6 Å². The van der Waals surface area contributed by atoms with Crippen molar-refractivity contribution in [1.29, 1.82) is 0 Å². The van der Waals surface area contributed by atoms with E-state index >= 15 is 0 Å². The number of aromatic nitrogens is 3. The van der Waals surface area contributed by atoms with Crippen LogP contribution < -0.4 is 0 Å². The number of hydrogen-bond acceptors (Lipinski definition) is 2. The molecule has 0 N–H and O–H groups in total. The molecule has 0 saturated carbocycles. The molecular weight excluding hydrogens is 767 g/mol. The van der Waals surface area contributed by atoms with Crippen LogP contribution >= 0.6 is 0 Å². The maximum Gasteiger partial charge on any atom is 0.137 e. The fourth-order valence-electron chi connectivity index (χ4n) is 9.83. The number of furan rings is 1. The Morgan fingerprint density at radius 1 is 0.302 bits per heavy atom. The molecule has 0 aliphatic rings. The molecular formula is C59H37N3O. The fraction of sp³-hybridized carbons (Fsp3) is 0. The molecule has 63 heavy (non-hydrogen) atoms. The molecule has 0 atom stereocenters.